The van der Waals surface area contributed by atoms with E-state index in [4.69, 9.17) is 4.74 Å². The summed E-state index contributed by atoms with van der Waals surface area (Å²) in [6, 6.07) is 1.56. The van der Waals surface area contributed by atoms with Crippen molar-refractivity contribution in [1.82, 2.24) is 9.97 Å². The van der Waals surface area contributed by atoms with Crippen LogP contribution in [0.1, 0.15) is 20.3 Å². The van der Waals surface area contributed by atoms with Crippen LogP contribution in [0.4, 0.5) is 5.82 Å². The van der Waals surface area contributed by atoms with Gasteiger partial charge in [0, 0.05) is 0 Å². The number of hydrogen-bond acceptors (Lipinski definition) is 6. The molecule has 0 saturated carbocycles. The largest absolute Gasteiger partial charge is 0.467 e. The van der Waals surface area contributed by atoms with Gasteiger partial charge >= 0.3 is 5.97 Å². The number of methoxy groups -OCH3 is 1. The lowest BCUT2D eigenvalue weighted by Gasteiger charge is -2.19. The topological polar surface area (TPSA) is 64.1 Å². The molecule has 2 aromatic heterocycles. The number of ether oxygens (including phenoxy) is 1. The Kier molecular flexibility index (Phi) is 4.31. The molecular weight excluding hydrogens is 262 g/mol. The molecule has 2 heterocycles. The van der Waals surface area contributed by atoms with Crippen molar-refractivity contribution in [3.05, 3.63) is 17.8 Å². The van der Waals surface area contributed by atoms with Crippen molar-refractivity contribution in [2.75, 3.05) is 12.4 Å². The minimum Gasteiger partial charge on any atom is -0.467 e. The first kappa shape index (κ1) is 13.7. The SMILES string of the molecule is COC(=O)[C@@H](CC(C)C)Nc1ncnc2sccc12. The molecule has 102 valence electrons. The fourth-order valence-corrected chi connectivity index (χ4v) is 2.63. The number of carbonyl (C=O) groups excluding carboxylic acids is 1. The average molecular weight is 279 g/mol. The zero-order valence-electron chi connectivity index (χ0n) is 11.2. The summed E-state index contributed by atoms with van der Waals surface area (Å²) in [5, 5.41) is 6.06. The Morgan fingerprint density at radius 3 is 2.95 bits per heavy atom. The summed E-state index contributed by atoms with van der Waals surface area (Å²) in [7, 11) is 1.40. The molecule has 0 amide bonds. The smallest absolute Gasteiger partial charge is 0.328 e. The van der Waals surface area contributed by atoms with Gasteiger partial charge < -0.3 is 10.1 Å². The summed E-state index contributed by atoms with van der Waals surface area (Å²) in [5.74, 6) is 0.800. The van der Waals surface area contributed by atoms with Crippen LogP contribution in [0.3, 0.4) is 0 Å². The molecule has 0 unspecified atom stereocenters. The summed E-state index contributed by atoms with van der Waals surface area (Å²) >= 11 is 1.55. The first-order chi connectivity index (χ1) is 9.11. The van der Waals surface area contributed by atoms with Crippen LogP contribution >= 0.6 is 11.3 Å². The van der Waals surface area contributed by atoms with Crippen molar-refractivity contribution >= 4 is 33.3 Å². The number of nitrogens with one attached hydrogen (secondary N) is 1. The number of anilines is 1. The van der Waals surface area contributed by atoms with E-state index in [0.29, 0.717) is 18.2 Å². The minimum absolute atomic E-state index is 0.268. The molecule has 5 nitrogen and oxygen atoms in total. The van der Waals surface area contributed by atoms with Gasteiger partial charge in [-0.1, -0.05) is 13.8 Å². The number of nitrogens with zero attached hydrogens (tertiary/aromatic N) is 2. The van der Waals surface area contributed by atoms with E-state index in [9.17, 15) is 4.79 Å². The number of rotatable bonds is 5. The highest BCUT2D eigenvalue weighted by molar-refractivity contribution is 7.16. The maximum absolute atomic E-state index is 11.8. The molecule has 1 atom stereocenters. The second-order valence-electron chi connectivity index (χ2n) is 4.71. The van der Waals surface area contributed by atoms with Gasteiger partial charge in [0.05, 0.1) is 12.5 Å². The number of aromatic nitrogens is 2. The Hall–Kier alpha value is -1.69. The summed E-state index contributed by atoms with van der Waals surface area (Å²) in [6.07, 6.45) is 2.20. The predicted molar refractivity (Wildman–Crippen MR) is 76.3 cm³/mol. The lowest BCUT2D eigenvalue weighted by atomic mass is 10.0. The Morgan fingerprint density at radius 2 is 2.26 bits per heavy atom. The van der Waals surface area contributed by atoms with Gasteiger partial charge in [0.1, 0.15) is 23.0 Å². The van der Waals surface area contributed by atoms with Crippen molar-refractivity contribution in [3.8, 4) is 0 Å². The van der Waals surface area contributed by atoms with E-state index in [1.807, 2.05) is 11.4 Å². The van der Waals surface area contributed by atoms with Gasteiger partial charge in [0.2, 0.25) is 0 Å². The maximum Gasteiger partial charge on any atom is 0.328 e. The zero-order chi connectivity index (χ0) is 13.8. The van der Waals surface area contributed by atoms with Crippen LogP contribution in [-0.2, 0) is 9.53 Å². The third kappa shape index (κ3) is 3.20. The van der Waals surface area contributed by atoms with Crippen molar-refractivity contribution in [2.45, 2.75) is 26.3 Å². The normalized spacial score (nSPS) is 12.6. The Balaban J connectivity index is 2.25. The minimum atomic E-state index is -0.386. The average Bonchev–Trinajstić information content (AvgIpc) is 2.85. The molecule has 0 radical (unpaired) electrons. The molecule has 0 aliphatic carbocycles. The van der Waals surface area contributed by atoms with Gasteiger partial charge in [-0.15, -0.1) is 11.3 Å². The molecule has 0 aliphatic rings. The van der Waals surface area contributed by atoms with E-state index in [2.05, 4.69) is 29.1 Å². The van der Waals surface area contributed by atoms with Gasteiger partial charge in [-0.3, -0.25) is 0 Å². The highest BCUT2D eigenvalue weighted by Crippen LogP contribution is 2.25. The standard InChI is InChI=1S/C13H17N3O2S/c1-8(2)6-10(13(17)18-3)16-11-9-4-5-19-12(9)15-7-14-11/h4-5,7-8,10H,6H2,1-3H3,(H,14,15,16)/t10-/m1/s1. The van der Waals surface area contributed by atoms with Crippen molar-refractivity contribution in [1.29, 1.82) is 0 Å². The molecule has 0 aromatic carbocycles. The van der Waals surface area contributed by atoms with Crippen LogP contribution in [0, 0.1) is 5.92 Å². The Labute approximate surface area is 116 Å². The number of hydrogen-bond donors (Lipinski definition) is 1. The van der Waals surface area contributed by atoms with Crippen LogP contribution in [0.5, 0.6) is 0 Å². The number of carbonyl (C=O) groups is 1. The summed E-state index contributed by atoms with van der Waals surface area (Å²) in [6.45, 7) is 4.13. The van der Waals surface area contributed by atoms with Gasteiger partial charge in [-0.2, -0.15) is 0 Å². The molecule has 0 spiro atoms. The van der Waals surface area contributed by atoms with Crippen molar-refractivity contribution in [2.24, 2.45) is 5.92 Å². The van der Waals surface area contributed by atoms with Crippen LogP contribution in [-0.4, -0.2) is 29.1 Å². The van der Waals surface area contributed by atoms with E-state index in [-0.39, 0.29) is 12.0 Å². The van der Waals surface area contributed by atoms with Crippen LogP contribution in [0.15, 0.2) is 17.8 Å². The fraction of sp³-hybridized carbons (Fsp3) is 0.462. The summed E-state index contributed by atoms with van der Waals surface area (Å²) in [4.78, 5) is 21.1. The molecular formula is C13H17N3O2S. The molecule has 0 aliphatic heterocycles. The van der Waals surface area contributed by atoms with Crippen LogP contribution in [0.25, 0.3) is 10.2 Å². The summed E-state index contributed by atoms with van der Waals surface area (Å²) in [5.41, 5.74) is 0. The van der Waals surface area contributed by atoms with E-state index in [1.54, 1.807) is 11.3 Å². The maximum atomic E-state index is 11.8. The molecule has 19 heavy (non-hydrogen) atoms. The van der Waals surface area contributed by atoms with Crippen LogP contribution in [0.2, 0.25) is 0 Å². The van der Waals surface area contributed by atoms with Gasteiger partial charge in [0.15, 0.2) is 0 Å². The third-order valence-corrected chi connectivity index (χ3v) is 3.59. The van der Waals surface area contributed by atoms with E-state index in [0.717, 1.165) is 10.2 Å². The molecule has 0 fully saturated rings. The lowest BCUT2D eigenvalue weighted by Crippen LogP contribution is -2.32. The number of esters is 1. The van der Waals surface area contributed by atoms with E-state index in [1.165, 1.54) is 13.4 Å². The molecule has 0 saturated heterocycles. The number of fused-ring (bicyclic) bond motifs is 1. The highest BCUT2D eigenvalue weighted by Gasteiger charge is 2.21. The second-order valence-corrected chi connectivity index (χ2v) is 5.61. The van der Waals surface area contributed by atoms with Gasteiger partial charge in [-0.05, 0) is 23.8 Å². The lowest BCUT2D eigenvalue weighted by molar-refractivity contribution is -0.141. The van der Waals surface area contributed by atoms with Gasteiger partial charge in [0.25, 0.3) is 0 Å². The molecule has 2 rings (SSSR count). The molecule has 2 aromatic rings. The molecule has 6 heteroatoms. The monoisotopic (exact) mass is 279 g/mol. The first-order valence-electron chi connectivity index (χ1n) is 6.14. The third-order valence-electron chi connectivity index (χ3n) is 2.77. The van der Waals surface area contributed by atoms with E-state index < -0.39 is 0 Å². The fourth-order valence-electron chi connectivity index (χ4n) is 1.90. The van der Waals surface area contributed by atoms with E-state index >= 15 is 0 Å². The molecule has 0 bridgehead atoms. The Morgan fingerprint density at radius 1 is 1.47 bits per heavy atom. The van der Waals surface area contributed by atoms with Gasteiger partial charge in [-0.25, -0.2) is 14.8 Å². The molecule has 1 N–H and O–H groups in total. The number of thiophene rings is 1. The first-order valence-corrected chi connectivity index (χ1v) is 7.02. The predicted octanol–water partition coefficient (Wildman–Crippen LogP) is 2.69. The Bertz CT molecular complexity index is 568. The summed E-state index contributed by atoms with van der Waals surface area (Å²) < 4.78 is 4.84. The van der Waals surface area contributed by atoms with Crippen molar-refractivity contribution < 1.29 is 9.53 Å². The second kappa shape index (κ2) is 5.97. The van der Waals surface area contributed by atoms with Crippen LogP contribution < -0.4 is 5.32 Å². The quantitative estimate of drug-likeness (QED) is 0.852. The van der Waals surface area contributed by atoms with Crippen molar-refractivity contribution in [3.63, 3.8) is 0 Å². The highest BCUT2D eigenvalue weighted by atomic mass is 32.1. The zero-order valence-corrected chi connectivity index (χ0v) is 12.0.